The van der Waals surface area contributed by atoms with E-state index in [0.717, 1.165) is 16.7 Å². The summed E-state index contributed by atoms with van der Waals surface area (Å²) in [5, 5.41) is 3.57. The summed E-state index contributed by atoms with van der Waals surface area (Å²) >= 11 is 5.85. The van der Waals surface area contributed by atoms with Crippen molar-refractivity contribution in [2.75, 3.05) is 0 Å². The van der Waals surface area contributed by atoms with Gasteiger partial charge in [-0.15, -0.1) is 0 Å². The van der Waals surface area contributed by atoms with Crippen molar-refractivity contribution in [3.63, 3.8) is 0 Å². The molecule has 0 aliphatic heterocycles. The lowest BCUT2D eigenvalue weighted by Gasteiger charge is -2.08. The van der Waals surface area contributed by atoms with E-state index in [1.807, 2.05) is 54.6 Å². The van der Waals surface area contributed by atoms with Crippen LogP contribution in [0.5, 0.6) is 5.88 Å². The Morgan fingerprint density at radius 1 is 0.962 bits per heavy atom. The third kappa shape index (κ3) is 5.60. The summed E-state index contributed by atoms with van der Waals surface area (Å²) in [6.07, 6.45) is 2.00. The fourth-order valence-corrected chi connectivity index (χ4v) is 2.55. The van der Waals surface area contributed by atoms with E-state index < -0.39 is 0 Å². The van der Waals surface area contributed by atoms with Gasteiger partial charge in [-0.25, -0.2) is 4.98 Å². The highest BCUT2D eigenvalue weighted by molar-refractivity contribution is 6.30. The molecule has 0 saturated heterocycles. The van der Waals surface area contributed by atoms with E-state index in [4.69, 9.17) is 16.3 Å². The SMILES string of the molecule is O=C(Cc1ccc(Cl)cc1)NCc1ccnc(OCc2ccccc2)c1. The number of rotatable bonds is 7. The summed E-state index contributed by atoms with van der Waals surface area (Å²) in [7, 11) is 0. The number of hydrogen-bond donors (Lipinski definition) is 1. The number of benzene rings is 2. The van der Waals surface area contributed by atoms with Gasteiger partial charge in [-0.1, -0.05) is 54.1 Å². The number of amides is 1. The number of ether oxygens (including phenoxy) is 1. The minimum atomic E-state index is -0.0455. The van der Waals surface area contributed by atoms with Gasteiger partial charge < -0.3 is 10.1 Å². The lowest BCUT2D eigenvalue weighted by molar-refractivity contribution is -0.120. The van der Waals surface area contributed by atoms with E-state index in [2.05, 4.69) is 10.3 Å². The Morgan fingerprint density at radius 3 is 2.50 bits per heavy atom. The Balaban J connectivity index is 1.50. The first-order chi connectivity index (χ1) is 12.7. The molecule has 4 nitrogen and oxygen atoms in total. The van der Waals surface area contributed by atoms with Crippen LogP contribution in [0.1, 0.15) is 16.7 Å². The van der Waals surface area contributed by atoms with Crippen LogP contribution < -0.4 is 10.1 Å². The second-order valence-electron chi connectivity index (χ2n) is 5.86. The van der Waals surface area contributed by atoms with Gasteiger partial charge in [0.15, 0.2) is 0 Å². The lowest BCUT2D eigenvalue weighted by atomic mass is 10.1. The number of nitrogens with one attached hydrogen (secondary N) is 1. The molecule has 0 radical (unpaired) electrons. The average Bonchev–Trinajstić information content (AvgIpc) is 2.68. The third-order valence-corrected chi connectivity index (χ3v) is 4.05. The number of carbonyl (C=O) groups excluding carboxylic acids is 1. The number of hydrogen-bond acceptors (Lipinski definition) is 3. The number of halogens is 1. The van der Waals surface area contributed by atoms with Crippen molar-refractivity contribution in [1.82, 2.24) is 10.3 Å². The topological polar surface area (TPSA) is 51.2 Å². The normalized spacial score (nSPS) is 10.3. The number of nitrogens with zero attached hydrogens (tertiary/aromatic N) is 1. The summed E-state index contributed by atoms with van der Waals surface area (Å²) in [5.41, 5.74) is 2.94. The standard InChI is InChI=1S/C21H19ClN2O2/c22-19-8-6-16(7-9-19)12-20(25)24-14-18-10-11-23-21(13-18)26-15-17-4-2-1-3-5-17/h1-11,13H,12,14-15H2,(H,24,25). The van der Waals surface area contributed by atoms with Crippen LogP contribution in [0.2, 0.25) is 5.02 Å². The molecule has 1 N–H and O–H groups in total. The van der Waals surface area contributed by atoms with Gasteiger partial charge in [-0.05, 0) is 34.9 Å². The predicted octanol–water partition coefficient (Wildman–Crippen LogP) is 4.17. The zero-order valence-corrected chi connectivity index (χ0v) is 14.9. The Bertz CT molecular complexity index is 851. The molecule has 3 rings (SSSR count). The van der Waals surface area contributed by atoms with Crippen LogP contribution >= 0.6 is 11.6 Å². The summed E-state index contributed by atoms with van der Waals surface area (Å²) in [5.74, 6) is 0.495. The van der Waals surface area contributed by atoms with Gasteiger partial charge in [0.25, 0.3) is 0 Å². The van der Waals surface area contributed by atoms with Crippen LogP contribution in [0.4, 0.5) is 0 Å². The highest BCUT2D eigenvalue weighted by atomic mass is 35.5. The summed E-state index contributed by atoms with van der Waals surface area (Å²) < 4.78 is 5.71. The maximum Gasteiger partial charge on any atom is 0.224 e. The van der Waals surface area contributed by atoms with E-state index in [1.54, 1.807) is 18.3 Å². The molecule has 0 saturated carbocycles. The first-order valence-electron chi connectivity index (χ1n) is 8.32. The molecule has 1 amide bonds. The minimum absolute atomic E-state index is 0.0455. The van der Waals surface area contributed by atoms with Crippen LogP contribution in [0.3, 0.4) is 0 Å². The Kier molecular flexibility index (Phi) is 6.23. The smallest absolute Gasteiger partial charge is 0.224 e. The molecular weight excluding hydrogens is 348 g/mol. The molecule has 0 aliphatic carbocycles. The van der Waals surface area contributed by atoms with Gasteiger partial charge in [-0.2, -0.15) is 0 Å². The van der Waals surface area contributed by atoms with Crippen molar-refractivity contribution >= 4 is 17.5 Å². The van der Waals surface area contributed by atoms with Crippen molar-refractivity contribution in [3.8, 4) is 5.88 Å². The zero-order valence-electron chi connectivity index (χ0n) is 14.2. The average molecular weight is 367 g/mol. The summed E-state index contributed by atoms with van der Waals surface area (Å²) in [6.45, 7) is 0.886. The summed E-state index contributed by atoms with van der Waals surface area (Å²) in [6, 6.07) is 20.9. The fraction of sp³-hybridized carbons (Fsp3) is 0.143. The zero-order chi connectivity index (χ0) is 18.2. The monoisotopic (exact) mass is 366 g/mol. The molecule has 0 atom stereocenters. The molecule has 0 spiro atoms. The van der Waals surface area contributed by atoms with E-state index in [9.17, 15) is 4.79 Å². The quantitative estimate of drug-likeness (QED) is 0.682. The molecular formula is C21H19ClN2O2. The molecule has 1 heterocycles. The van der Waals surface area contributed by atoms with Crippen molar-refractivity contribution in [2.24, 2.45) is 0 Å². The highest BCUT2D eigenvalue weighted by Crippen LogP contribution is 2.12. The number of aromatic nitrogens is 1. The Morgan fingerprint density at radius 2 is 1.73 bits per heavy atom. The molecule has 26 heavy (non-hydrogen) atoms. The van der Waals surface area contributed by atoms with Gasteiger partial charge in [0, 0.05) is 23.8 Å². The van der Waals surface area contributed by atoms with Crippen molar-refractivity contribution in [3.05, 3.63) is 94.6 Å². The fourth-order valence-electron chi connectivity index (χ4n) is 2.42. The molecule has 3 aromatic rings. The molecule has 2 aromatic carbocycles. The van der Waals surface area contributed by atoms with E-state index >= 15 is 0 Å². The van der Waals surface area contributed by atoms with Crippen LogP contribution in [-0.4, -0.2) is 10.9 Å². The van der Waals surface area contributed by atoms with E-state index in [-0.39, 0.29) is 5.91 Å². The van der Waals surface area contributed by atoms with Gasteiger partial charge >= 0.3 is 0 Å². The van der Waals surface area contributed by atoms with Crippen molar-refractivity contribution in [2.45, 2.75) is 19.6 Å². The largest absolute Gasteiger partial charge is 0.473 e. The first-order valence-corrected chi connectivity index (χ1v) is 8.69. The second kappa shape index (κ2) is 9.02. The second-order valence-corrected chi connectivity index (χ2v) is 6.29. The minimum Gasteiger partial charge on any atom is -0.473 e. The molecule has 0 bridgehead atoms. The molecule has 0 unspecified atom stereocenters. The van der Waals surface area contributed by atoms with Gasteiger partial charge in [0.1, 0.15) is 6.61 Å². The van der Waals surface area contributed by atoms with Crippen molar-refractivity contribution in [1.29, 1.82) is 0 Å². The maximum absolute atomic E-state index is 12.1. The van der Waals surface area contributed by atoms with Gasteiger partial charge in [-0.3, -0.25) is 4.79 Å². The molecule has 0 fully saturated rings. The molecule has 1 aromatic heterocycles. The van der Waals surface area contributed by atoms with Crippen LogP contribution in [0, 0.1) is 0 Å². The predicted molar refractivity (Wildman–Crippen MR) is 102 cm³/mol. The Labute approximate surface area is 157 Å². The first kappa shape index (κ1) is 18.0. The lowest BCUT2D eigenvalue weighted by Crippen LogP contribution is -2.24. The molecule has 132 valence electrons. The third-order valence-electron chi connectivity index (χ3n) is 3.80. The van der Waals surface area contributed by atoms with Crippen LogP contribution in [0.25, 0.3) is 0 Å². The maximum atomic E-state index is 12.1. The highest BCUT2D eigenvalue weighted by Gasteiger charge is 2.05. The van der Waals surface area contributed by atoms with Gasteiger partial charge in [0.2, 0.25) is 11.8 Å². The number of pyridine rings is 1. The van der Waals surface area contributed by atoms with Gasteiger partial charge in [0.05, 0.1) is 6.42 Å². The van der Waals surface area contributed by atoms with E-state index in [0.29, 0.717) is 30.5 Å². The summed E-state index contributed by atoms with van der Waals surface area (Å²) in [4.78, 5) is 16.3. The number of carbonyl (C=O) groups is 1. The van der Waals surface area contributed by atoms with Crippen LogP contribution in [0.15, 0.2) is 72.9 Å². The molecule has 0 aliphatic rings. The van der Waals surface area contributed by atoms with Crippen molar-refractivity contribution < 1.29 is 9.53 Å². The van der Waals surface area contributed by atoms with Crippen LogP contribution in [-0.2, 0) is 24.4 Å². The Hall–Kier alpha value is -2.85. The molecule has 5 heteroatoms. The van der Waals surface area contributed by atoms with E-state index in [1.165, 1.54) is 0 Å².